The van der Waals surface area contributed by atoms with Gasteiger partial charge >= 0.3 is 12.1 Å². The smallest absolute Gasteiger partial charge is 0.407 e. The third-order valence-electron chi connectivity index (χ3n) is 4.69. The molecule has 2 aromatic carbocycles. The van der Waals surface area contributed by atoms with Crippen LogP contribution < -0.4 is 5.32 Å². The van der Waals surface area contributed by atoms with E-state index in [0.717, 1.165) is 11.1 Å². The Balaban J connectivity index is 1.38. The summed E-state index contributed by atoms with van der Waals surface area (Å²) in [6.07, 6.45) is 1.82. The first kappa shape index (κ1) is 17.7. The first-order valence-corrected chi connectivity index (χ1v) is 8.76. The minimum Gasteiger partial charge on any atom is -0.478 e. The standard InChI is InChI=1S/C21H17N3O4/c25-20(26)13-9-22-19(23-10-13)11-24-21(27)28-12-18-16-7-3-1-5-14(16)15-6-2-4-8-17(15)18/h1-10,18H,11-12H2,(H,24,27)(H,25,26). The lowest BCUT2D eigenvalue weighted by Crippen LogP contribution is -2.26. The highest BCUT2D eigenvalue weighted by Gasteiger charge is 2.28. The number of aromatic carboxylic acids is 1. The van der Waals surface area contributed by atoms with Gasteiger partial charge in [0.2, 0.25) is 0 Å². The van der Waals surface area contributed by atoms with Crippen LogP contribution in [-0.2, 0) is 11.3 Å². The van der Waals surface area contributed by atoms with Gasteiger partial charge in [0.05, 0.1) is 12.1 Å². The molecular formula is C21H17N3O4. The summed E-state index contributed by atoms with van der Waals surface area (Å²) in [5, 5.41) is 11.4. The zero-order valence-electron chi connectivity index (χ0n) is 14.8. The van der Waals surface area contributed by atoms with Crippen LogP contribution in [0.4, 0.5) is 4.79 Å². The third kappa shape index (κ3) is 3.42. The number of nitrogens with zero attached hydrogens (tertiary/aromatic N) is 2. The second kappa shape index (κ2) is 7.48. The molecule has 0 atom stereocenters. The Morgan fingerprint density at radius 1 is 0.964 bits per heavy atom. The second-order valence-electron chi connectivity index (χ2n) is 6.37. The molecule has 140 valence electrons. The normalized spacial score (nSPS) is 12.1. The molecule has 3 aromatic rings. The van der Waals surface area contributed by atoms with E-state index < -0.39 is 12.1 Å². The number of carbonyl (C=O) groups excluding carboxylic acids is 1. The van der Waals surface area contributed by atoms with E-state index in [1.165, 1.54) is 23.5 Å². The Labute approximate surface area is 161 Å². The van der Waals surface area contributed by atoms with Gasteiger partial charge in [-0.25, -0.2) is 19.6 Å². The zero-order valence-corrected chi connectivity index (χ0v) is 14.8. The average molecular weight is 375 g/mol. The number of nitrogens with one attached hydrogen (secondary N) is 1. The maximum absolute atomic E-state index is 12.1. The van der Waals surface area contributed by atoms with Crippen LogP contribution in [-0.4, -0.2) is 33.7 Å². The van der Waals surface area contributed by atoms with Gasteiger partial charge in [-0.1, -0.05) is 48.5 Å². The van der Waals surface area contributed by atoms with Gasteiger partial charge in [-0.2, -0.15) is 0 Å². The Kier molecular flexibility index (Phi) is 4.72. The Hall–Kier alpha value is -3.74. The fourth-order valence-corrected chi connectivity index (χ4v) is 3.36. The van der Waals surface area contributed by atoms with E-state index in [4.69, 9.17) is 9.84 Å². The number of carboxylic acid groups (broad SMARTS) is 1. The van der Waals surface area contributed by atoms with Crippen LogP contribution in [0.15, 0.2) is 60.9 Å². The van der Waals surface area contributed by atoms with Crippen molar-refractivity contribution in [3.05, 3.63) is 83.4 Å². The van der Waals surface area contributed by atoms with E-state index in [-0.39, 0.29) is 24.6 Å². The van der Waals surface area contributed by atoms with E-state index >= 15 is 0 Å². The molecule has 1 amide bonds. The fraction of sp³-hybridized carbons (Fsp3) is 0.143. The Morgan fingerprint density at radius 3 is 2.11 bits per heavy atom. The fourth-order valence-electron chi connectivity index (χ4n) is 3.36. The van der Waals surface area contributed by atoms with Crippen molar-refractivity contribution < 1.29 is 19.4 Å². The summed E-state index contributed by atoms with van der Waals surface area (Å²) in [7, 11) is 0. The van der Waals surface area contributed by atoms with Crippen molar-refractivity contribution in [3.8, 4) is 11.1 Å². The van der Waals surface area contributed by atoms with E-state index in [2.05, 4.69) is 39.6 Å². The van der Waals surface area contributed by atoms with Gasteiger partial charge in [-0.15, -0.1) is 0 Å². The maximum Gasteiger partial charge on any atom is 0.407 e. The molecule has 0 spiro atoms. The van der Waals surface area contributed by atoms with Gasteiger partial charge in [0.1, 0.15) is 12.4 Å². The van der Waals surface area contributed by atoms with Crippen molar-refractivity contribution in [2.24, 2.45) is 0 Å². The molecule has 7 heteroatoms. The summed E-state index contributed by atoms with van der Waals surface area (Å²) in [6.45, 7) is 0.273. The van der Waals surface area contributed by atoms with Crippen molar-refractivity contribution in [2.45, 2.75) is 12.5 Å². The molecule has 0 aliphatic heterocycles. The first-order valence-electron chi connectivity index (χ1n) is 8.76. The van der Waals surface area contributed by atoms with Crippen molar-refractivity contribution >= 4 is 12.1 Å². The number of fused-ring (bicyclic) bond motifs is 3. The number of rotatable bonds is 5. The summed E-state index contributed by atoms with van der Waals surface area (Å²) in [5.41, 5.74) is 4.61. The number of hydrogen-bond acceptors (Lipinski definition) is 5. The second-order valence-corrected chi connectivity index (χ2v) is 6.37. The molecule has 28 heavy (non-hydrogen) atoms. The van der Waals surface area contributed by atoms with Crippen molar-refractivity contribution in [1.82, 2.24) is 15.3 Å². The van der Waals surface area contributed by atoms with Gasteiger partial charge < -0.3 is 15.2 Å². The molecule has 4 rings (SSSR count). The van der Waals surface area contributed by atoms with Gasteiger partial charge in [0.25, 0.3) is 0 Å². The third-order valence-corrected chi connectivity index (χ3v) is 4.69. The van der Waals surface area contributed by atoms with Crippen LogP contribution >= 0.6 is 0 Å². The average Bonchev–Trinajstić information content (AvgIpc) is 3.05. The van der Waals surface area contributed by atoms with Crippen LogP contribution in [0.1, 0.15) is 33.2 Å². The minimum absolute atomic E-state index is 0.00936. The van der Waals surface area contributed by atoms with Crippen LogP contribution in [0, 0.1) is 0 Å². The van der Waals surface area contributed by atoms with Gasteiger partial charge in [-0.05, 0) is 22.3 Å². The number of hydrogen-bond donors (Lipinski definition) is 2. The van der Waals surface area contributed by atoms with E-state index in [9.17, 15) is 9.59 Å². The molecular weight excluding hydrogens is 358 g/mol. The summed E-state index contributed by atoms with van der Waals surface area (Å²) in [5.74, 6) is -0.807. The van der Waals surface area contributed by atoms with E-state index in [1.807, 2.05) is 24.3 Å². The SMILES string of the molecule is O=C(NCc1ncc(C(=O)O)cn1)OCC1c2ccccc2-c2ccccc21. The topological polar surface area (TPSA) is 101 Å². The molecule has 0 saturated carbocycles. The molecule has 1 aliphatic rings. The van der Waals surface area contributed by atoms with Crippen LogP contribution in [0.25, 0.3) is 11.1 Å². The summed E-state index contributed by atoms with van der Waals surface area (Å²) in [4.78, 5) is 30.7. The predicted octanol–water partition coefficient (Wildman–Crippen LogP) is 3.21. The van der Waals surface area contributed by atoms with Crippen molar-refractivity contribution in [2.75, 3.05) is 6.61 Å². The lowest BCUT2D eigenvalue weighted by Gasteiger charge is -2.14. The number of benzene rings is 2. The monoisotopic (exact) mass is 375 g/mol. The largest absolute Gasteiger partial charge is 0.478 e. The number of ether oxygens (including phenoxy) is 1. The Morgan fingerprint density at radius 2 is 1.54 bits per heavy atom. The number of amides is 1. The van der Waals surface area contributed by atoms with Crippen molar-refractivity contribution in [3.63, 3.8) is 0 Å². The van der Waals surface area contributed by atoms with E-state index in [0.29, 0.717) is 5.82 Å². The molecule has 1 heterocycles. The minimum atomic E-state index is -1.10. The number of carboxylic acids is 1. The van der Waals surface area contributed by atoms with E-state index in [1.54, 1.807) is 0 Å². The summed E-state index contributed by atoms with van der Waals surface area (Å²) < 4.78 is 5.42. The van der Waals surface area contributed by atoms with Crippen LogP contribution in [0.2, 0.25) is 0 Å². The van der Waals surface area contributed by atoms with Gasteiger partial charge in [0.15, 0.2) is 0 Å². The highest BCUT2D eigenvalue weighted by Crippen LogP contribution is 2.44. The van der Waals surface area contributed by atoms with Gasteiger partial charge in [0, 0.05) is 18.3 Å². The first-order chi connectivity index (χ1) is 13.6. The number of aromatic nitrogens is 2. The van der Waals surface area contributed by atoms with Crippen molar-refractivity contribution in [1.29, 1.82) is 0 Å². The summed E-state index contributed by atoms with van der Waals surface area (Å²) >= 11 is 0. The molecule has 0 radical (unpaired) electrons. The molecule has 0 saturated heterocycles. The maximum atomic E-state index is 12.1. The molecule has 1 aromatic heterocycles. The Bertz CT molecular complexity index is 988. The molecule has 0 bridgehead atoms. The highest BCUT2D eigenvalue weighted by molar-refractivity contribution is 5.86. The van der Waals surface area contributed by atoms with Gasteiger partial charge in [-0.3, -0.25) is 0 Å². The molecule has 0 fully saturated rings. The molecule has 7 nitrogen and oxygen atoms in total. The summed E-state index contributed by atoms with van der Waals surface area (Å²) in [6, 6.07) is 16.2. The predicted molar refractivity (Wildman–Crippen MR) is 101 cm³/mol. The van der Waals surface area contributed by atoms with Crippen LogP contribution in [0.3, 0.4) is 0 Å². The highest BCUT2D eigenvalue weighted by atomic mass is 16.5. The molecule has 0 unspecified atom stereocenters. The number of carbonyl (C=O) groups is 2. The lowest BCUT2D eigenvalue weighted by atomic mass is 9.98. The van der Waals surface area contributed by atoms with Crippen LogP contribution in [0.5, 0.6) is 0 Å². The molecule has 2 N–H and O–H groups in total. The quantitative estimate of drug-likeness (QED) is 0.710. The number of alkyl carbamates (subject to hydrolysis) is 1. The lowest BCUT2D eigenvalue weighted by molar-refractivity contribution is 0.0695. The zero-order chi connectivity index (χ0) is 19.5. The molecule has 1 aliphatic carbocycles.